The predicted octanol–water partition coefficient (Wildman–Crippen LogP) is 2.16. The van der Waals surface area contributed by atoms with Gasteiger partial charge in [0.2, 0.25) is 0 Å². The highest BCUT2D eigenvalue weighted by molar-refractivity contribution is 6.07. The molecule has 0 aliphatic rings. The van der Waals surface area contributed by atoms with Gasteiger partial charge in [-0.05, 0) is 43.3 Å². The highest BCUT2D eigenvalue weighted by atomic mass is 16.2. The van der Waals surface area contributed by atoms with E-state index < -0.39 is 0 Å². The van der Waals surface area contributed by atoms with Gasteiger partial charge in [-0.15, -0.1) is 0 Å². The average molecular weight is 415 g/mol. The van der Waals surface area contributed by atoms with Crippen LogP contribution in [0.1, 0.15) is 26.4 Å². The van der Waals surface area contributed by atoms with Crippen LogP contribution in [0.4, 0.5) is 11.4 Å². The standard InChI is InChI=1S/C21H17N7O3/c1-13-17(12-23-28(13)18-5-6-19(29)27-26-18)21(31)25-16-4-2-3-14(11-16)20(30)24-15-7-9-22-10-8-15/h2-12H,1H3,(H,25,31)(H,27,29)(H,22,24,30). The van der Waals surface area contributed by atoms with Gasteiger partial charge in [0, 0.05) is 35.4 Å². The molecule has 10 nitrogen and oxygen atoms in total. The van der Waals surface area contributed by atoms with E-state index in [1.807, 2.05) is 0 Å². The first-order valence-corrected chi connectivity index (χ1v) is 9.25. The Balaban J connectivity index is 1.50. The minimum Gasteiger partial charge on any atom is -0.322 e. The molecule has 4 rings (SSSR count). The van der Waals surface area contributed by atoms with Crippen LogP contribution >= 0.6 is 0 Å². The number of rotatable bonds is 5. The molecular weight excluding hydrogens is 398 g/mol. The van der Waals surface area contributed by atoms with Crippen molar-refractivity contribution >= 4 is 23.2 Å². The molecule has 0 fully saturated rings. The molecule has 154 valence electrons. The van der Waals surface area contributed by atoms with Crippen molar-refractivity contribution in [3.05, 3.63) is 94.3 Å². The molecule has 4 aromatic rings. The number of nitrogens with one attached hydrogen (secondary N) is 3. The molecule has 3 aromatic heterocycles. The predicted molar refractivity (Wildman–Crippen MR) is 113 cm³/mol. The number of hydrogen-bond donors (Lipinski definition) is 3. The maximum absolute atomic E-state index is 12.8. The zero-order chi connectivity index (χ0) is 21.8. The van der Waals surface area contributed by atoms with Crippen molar-refractivity contribution in [2.75, 3.05) is 10.6 Å². The number of amides is 2. The molecule has 0 atom stereocenters. The van der Waals surface area contributed by atoms with Crippen LogP contribution < -0.4 is 16.2 Å². The van der Waals surface area contributed by atoms with Gasteiger partial charge in [-0.1, -0.05) is 6.07 Å². The summed E-state index contributed by atoms with van der Waals surface area (Å²) >= 11 is 0. The summed E-state index contributed by atoms with van der Waals surface area (Å²) in [5, 5.41) is 16.0. The largest absolute Gasteiger partial charge is 0.322 e. The van der Waals surface area contributed by atoms with Crippen LogP contribution in [0.15, 0.2) is 71.9 Å². The molecule has 10 heteroatoms. The summed E-state index contributed by atoms with van der Waals surface area (Å²) in [5.74, 6) is -0.318. The second kappa shape index (κ2) is 8.41. The van der Waals surface area contributed by atoms with Gasteiger partial charge in [0.1, 0.15) is 0 Å². The summed E-state index contributed by atoms with van der Waals surface area (Å²) < 4.78 is 1.45. The zero-order valence-corrected chi connectivity index (χ0v) is 16.4. The van der Waals surface area contributed by atoms with Crippen molar-refractivity contribution in [1.29, 1.82) is 0 Å². The Kier molecular flexibility index (Phi) is 5.35. The van der Waals surface area contributed by atoms with Crippen molar-refractivity contribution < 1.29 is 9.59 Å². The minimum atomic E-state index is -0.389. The molecule has 3 heterocycles. The lowest BCUT2D eigenvalue weighted by molar-refractivity contribution is 0.101. The number of carbonyl (C=O) groups is 2. The van der Waals surface area contributed by atoms with Gasteiger partial charge in [-0.3, -0.25) is 19.4 Å². The number of aromatic amines is 1. The SMILES string of the molecule is Cc1c(C(=O)Nc2cccc(C(=O)Nc3ccncc3)c2)cnn1-c1ccc(=O)[nH]n1. The van der Waals surface area contributed by atoms with Crippen LogP contribution in [0.5, 0.6) is 0 Å². The van der Waals surface area contributed by atoms with E-state index in [-0.39, 0.29) is 17.4 Å². The molecule has 0 radical (unpaired) electrons. The van der Waals surface area contributed by atoms with Crippen molar-refractivity contribution in [1.82, 2.24) is 25.0 Å². The molecule has 0 aliphatic heterocycles. The van der Waals surface area contributed by atoms with Crippen molar-refractivity contribution in [2.45, 2.75) is 6.92 Å². The molecule has 0 unspecified atom stereocenters. The fraction of sp³-hybridized carbons (Fsp3) is 0.0476. The van der Waals surface area contributed by atoms with E-state index in [1.165, 1.54) is 23.0 Å². The number of pyridine rings is 1. The Hall–Kier alpha value is -4.60. The summed E-state index contributed by atoms with van der Waals surface area (Å²) in [5.41, 5.74) is 2.01. The van der Waals surface area contributed by atoms with Gasteiger partial charge in [0.05, 0.1) is 17.5 Å². The lowest BCUT2D eigenvalue weighted by atomic mass is 10.1. The lowest BCUT2D eigenvalue weighted by Crippen LogP contribution is -2.15. The molecule has 1 aromatic carbocycles. The Bertz CT molecular complexity index is 1290. The number of benzene rings is 1. The molecule has 0 spiro atoms. The monoisotopic (exact) mass is 415 g/mol. The third kappa shape index (κ3) is 4.37. The van der Waals surface area contributed by atoms with Crippen LogP contribution in [0.2, 0.25) is 0 Å². The van der Waals surface area contributed by atoms with Gasteiger partial charge in [0.25, 0.3) is 17.4 Å². The fourth-order valence-electron chi connectivity index (χ4n) is 2.89. The van der Waals surface area contributed by atoms with E-state index in [4.69, 9.17) is 0 Å². The number of aromatic nitrogens is 5. The molecular formula is C21H17N7O3. The first kappa shape index (κ1) is 19.7. The van der Waals surface area contributed by atoms with Crippen molar-refractivity contribution in [2.24, 2.45) is 0 Å². The normalized spacial score (nSPS) is 10.5. The van der Waals surface area contributed by atoms with Gasteiger partial charge < -0.3 is 10.6 Å². The van der Waals surface area contributed by atoms with Crippen molar-refractivity contribution in [3.63, 3.8) is 0 Å². The van der Waals surface area contributed by atoms with Crippen LogP contribution in [-0.2, 0) is 0 Å². The van der Waals surface area contributed by atoms with E-state index in [2.05, 4.69) is 30.9 Å². The Morgan fingerprint density at radius 3 is 2.48 bits per heavy atom. The molecule has 2 amide bonds. The molecule has 0 saturated carbocycles. The van der Waals surface area contributed by atoms with Crippen molar-refractivity contribution in [3.8, 4) is 5.82 Å². The maximum Gasteiger partial charge on any atom is 0.264 e. The number of carbonyl (C=O) groups excluding carboxylic acids is 2. The van der Waals surface area contributed by atoms with E-state index in [0.29, 0.717) is 34.0 Å². The van der Waals surface area contributed by atoms with Gasteiger partial charge in [-0.25, -0.2) is 9.78 Å². The van der Waals surface area contributed by atoms with E-state index in [0.717, 1.165) is 0 Å². The lowest BCUT2D eigenvalue weighted by Gasteiger charge is -2.08. The van der Waals surface area contributed by atoms with E-state index in [9.17, 15) is 14.4 Å². The van der Waals surface area contributed by atoms with Gasteiger partial charge in [0.15, 0.2) is 5.82 Å². The second-order valence-electron chi connectivity index (χ2n) is 6.56. The summed E-state index contributed by atoms with van der Waals surface area (Å²) in [4.78, 5) is 40.3. The average Bonchev–Trinajstić information content (AvgIpc) is 3.16. The fourth-order valence-corrected chi connectivity index (χ4v) is 2.89. The molecule has 0 aliphatic carbocycles. The second-order valence-corrected chi connectivity index (χ2v) is 6.56. The number of nitrogens with zero attached hydrogens (tertiary/aromatic N) is 4. The Morgan fingerprint density at radius 2 is 1.74 bits per heavy atom. The summed E-state index contributed by atoms with van der Waals surface area (Å²) in [6, 6.07) is 12.8. The maximum atomic E-state index is 12.8. The van der Waals surface area contributed by atoms with Gasteiger partial charge >= 0.3 is 0 Å². The Labute approximate surface area is 176 Å². The van der Waals surface area contributed by atoms with Crippen LogP contribution in [0, 0.1) is 6.92 Å². The third-order valence-corrected chi connectivity index (χ3v) is 4.46. The zero-order valence-electron chi connectivity index (χ0n) is 16.4. The molecule has 31 heavy (non-hydrogen) atoms. The number of hydrogen-bond acceptors (Lipinski definition) is 6. The number of H-pyrrole nitrogens is 1. The molecule has 0 bridgehead atoms. The Morgan fingerprint density at radius 1 is 0.968 bits per heavy atom. The topological polar surface area (TPSA) is 135 Å². The smallest absolute Gasteiger partial charge is 0.264 e. The first-order valence-electron chi connectivity index (χ1n) is 9.25. The minimum absolute atomic E-state index is 0.310. The van der Waals surface area contributed by atoms with E-state index >= 15 is 0 Å². The summed E-state index contributed by atoms with van der Waals surface area (Å²) in [6.07, 6.45) is 4.58. The van der Waals surface area contributed by atoms with Crippen LogP contribution in [0.3, 0.4) is 0 Å². The highest BCUT2D eigenvalue weighted by Gasteiger charge is 2.17. The molecule has 3 N–H and O–H groups in total. The summed E-state index contributed by atoms with van der Waals surface area (Å²) in [6.45, 7) is 1.72. The highest BCUT2D eigenvalue weighted by Crippen LogP contribution is 2.17. The molecule has 0 saturated heterocycles. The quantitative estimate of drug-likeness (QED) is 0.457. The summed E-state index contributed by atoms with van der Waals surface area (Å²) in [7, 11) is 0. The number of anilines is 2. The van der Waals surface area contributed by atoms with Crippen LogP contribution in [0.25, 0.3) is 5.82 Å². The van der Waals surface area contributed by atoms with Crippen LogP contribution in [-0.4, -0.2) is 36.8 Å². The third-order valence-electron chi connectivity index (χ3n) is 4.46. The first-order chi connectivity index (χ1) is 15.0. The van der Waals surface area contributed by atoms with E-state index in [1.54, 1.807) is 55.7 Å². The van der Waals surface area contributed by atoms with Gasteiger partial charge in [-0.2, -0.15) is 10.2 Å².